The van der Waals surface area contributed by atoms with Gasteiger partial charge in [0, 0.05) is 26.2 Å². The fourth-order valence-corrected chi connectivity index (χ4v) is 1.63. The normalized spacial score (nSPS) is 26.2. The summed E-state index contributed by atoms with van der Waals surface area (Å²) in [5, 5.41) is 3.26. The van der Waals surface area contributed by atoms with Crippen LogP contribution in [-0.4, -0.2) is 43.0 Å². The molecule has 0 aliphatic carbocycles. The van der Waals surface area contributed by atoms with Crippen molar-refractivity contribution in [2.75, 3.05) is 33.2 Å². The Bertz CT molecular complexity index is 214. The molecule has 2 aliphatic heterocycles. The summed E-state index contributed by atoms with van der Waals surface area (Å²) in [5.41, 5.74) is 0. The molecule has 0 spiro atoms. The highest BCUT2D eigenvalue weighted by Crippen LogP contribution is 2.12. The molecule has 0 bridgehead atoms. The van der Waals surface area contributed by atoms with Gasteiger partial charge < -0.3 is 10.2 Å². The SMILES string of the molecule is CN1CCN([C]2C=CC=CN2)CC1. The van der Waals surface area contributed by atoms with Gasteiger partial charge in [0.25, 0.3) is 0 Å². The van der Waals surface area contributed by atoms with Crippen LogP contribution in [0, 0.1) is 6.17 Å². The molecule has 1 saturated heterocycles. The predicted molar refractivity (Wildman–Crippen MR) is 53.7 cm³/mol. The summed E-state index contributed by atoms with van der Waals surface area (Å²) < 4.78 is 0. The van der Waals surface area contributed by atoms with Crippen LogP contribution in [0.15, 0.2) is 24.4 Å². The summed E-state index contributed by atoms with van der Waals surface area (Å²) in [6.45, 7) is 4.56. The second-order valence-corrected chi connectivity index (χ2v) is 3.54. The standard InChI is InChI=1S/C10H16N3/c1-12-6-8-13(9-7-12)10-4-2-3-5-11-10/h2-5,11H,6-9H2,1H3. The van der Waals surface area contributed by atoms with Gasteiger partial charge in [-0.15, -0.1) is 0 Å². The number of nitrogens with zero attached hydrogens (tertiary/aromatic N) is 2. The summed E-state index contributed by atoms with van der Waals surface area (Å²) in [5.74, 6) is 0. The van der Waals surface area contributed by atoms with Crippen LogP contribution in [0.3, 0.4) is 0 Å². The lowest BCUT2D eigenvalue weighted by atomic mass is 10.2. The van der Waals surface area contributed by atoms with E-state index >= 15 is 0 Å². The highest BCUT2D eigenvalue weighted by molar-refractivity contribution is 5.20. The Morgan fingerprint density at radius 1 is 1.15 bits per heavy atom. The van der Waals surface area contributed by atoms with E-state index in [0.717, 1.165) is 26.2 Å². The van der Waals surface area contributed by atoms with Gasteiger partial charge in [-0.05, 0) is 25.4 Å². The Kier molecular flexibility index (Phi) is 2.66. The fourth-order valence-electron chi connectivity index (χ4n) is 1.63. The summed E-state index contributed by atoms with van der Waals surface area (Å²) >= 11 is 0. The van der Waals surface area contributed by atoms with E-state index in [1.54, 1.807) is 0 Å². The van der Waals surface area contributed by atoms with Crippen LogP contribution < -0.4 is 5.32 Å². The van der Waals surface area contributed by atoms with Gasteiger partial charge in [0.2, 0.25) is 0 Å². The van der Waals surface area contributed by atoms with Crippen molar-refractivity contribution in [3.05, 3.63) is 30.6 Å². The van der Waals surface area contributed by atoms with Crippen molar-refractivity contribution in [2.24, 2.45) is 0 Å². The zero-order valence-electron chi connectivity index (χ0n) is 8.03. The molecule has 0 atom stereocenters. The maximum absolute atomic E-state index is 3.26. The number of rotatable bonds is 1. The molecule has 1 fully saturated rings. The molecule has 0 amide bonds. The average Bonchev–Trinajstić information content (AvgIpc) is 2.20. The lowest BCUT2D eigenvalue weighted by molar-refractivity contribution is 0.161. The van der Waals surface area contributed by atoms with E-state index < -0.39 is 0 Å². The summed E-state index contributed by atoms with van der Waals surface area (Å²) in [6.07, 6.45) is 9.43. The third-order valence-corrected chi connectivity index (χ3v) is 2.54. The average molecular weight is 178 g/mol. The fraction of sp³-hybridized carbons (Fsp3) is 0.500. The van der Waals surface area contributed by atoms with E-state index in [9.17, 15) is 0 Å². The topological polar surface area (TPSA) is 18.5 Å². The second kappa shape index (κ2) is 3.94. The van der Waals surface area contributed by atoms with Gasteiger partial charge in [0.05, 0.1) is 0 Å². The van der Waals surface area contributed by atoms with E-state index in [4.69, 9.17) is 0 Å². The molecule has 1 radical (unpaired) electrons. The van der Waals surface area contributed by atoms with Gasteiger partial charge in [-0.2, -0.15) is 0 Å². The summed E-state index contributed by atoms with van der Waals surface area (Å²) in [6, 6.07) is 0. The summed E-state index contributed by atoms with van der Waals surface area (Å²) in [7, 11) is 2.17. The highest BCUT2D eigenvalue weighted by atomic mass is 15.3. The van der Waals surface area contributed by atoms with Crippen LogP contribution in [0.4, 0.5) is 0 Å². The van der Waals surface area contributed by atoms with Crippen molar-refractivity contribution in [2.45, 2.75) is 0 Å². The molecule has 0 aromatic carbocycles. The number of nitrogens with one attached hydrogen (secondary N) is 1. The minimum absolute atomic E-state index is 1.12. The molecular formula is C10H16N3. The minimum atomic E-state index is 1.12. The van der Waals surface area contributed by atoms with E-state index in [0.29, 0.717) is 0 Å². The molecule has 71 valence electrons. The van der Waals surface area contributed by atoms with Gasteiger partial charge >= 0.3 is 0 Å². The van der Waals surface area contributed by atoms with Crippen LogP contribution in [0.1, 0.15) is 0 Å². The third kappa shape index (κ3) is 2.11. The molecule has 3 heteroatoms. The monoisotopic (exact) mass is 178 g/mol. The van der Waals surface area contributed by atoms with E-state index in [1.807, 2.05) is 12.3 Å². The van der Waals surface area contributed by atoms with Gasteiger partial charge in [0.15, 0.2) is 6.17 Å². The van der Waals surface area contributed by atoms with Crippen LogP contribution in [-0.2, 0) is 0 Å². The third-order valence-electron chi connectivity index (χ3n) is 2.54. The molecule has 2 aliphatic rings. The van der Waals surface area contributed by atoms with Gasteiger partial charge in [-0.25, -0.2) is 0 Å². The van der Waals surface area contributed by atoms with Crippen LogP contribution in [0.2, 0.25) is 0 Å². The molecule has 2 rings (SSSR count). The number of allylic oxidation sites excluding steroid dienone is 2. The smallest absolute Gasteiger partial charge is 0.152 e. The quantitative estimate of drug-likeness (QED) is 0.627. The Labute approximate surface area is 79.7 Å². The number of hydrogen-bond donors (Lipinski definition) is 1. The highest BCUT2D eigenvalue weighted by Gasteiger charge is 2.20. The van der Waals surface area contributed by atoms with Crippen LogP contribution in [0.5, 0.6) is 0 Å². The zero-order valence-corrected chi connectivity index (χ0v) is 8.03. The second-order valence-electron chi connectivity index (χ2n) is 3.54. The van der Waals surface area contributed by atoms with Crippen molar-refractivity contribution in [3.8, 4) is 0 Å². The Balaban J connectivity index is 1.87. The van der Waals surface area contributed by atoms with Crippen LogP contribution in [0.25, 0.3) is 0 Å². The maximum Gasteiger partial charge on any atom is 0.152 e. The molecule has 3 nitrogen and oxygen atoms in total. The molecular weight excluding hydrogens is 162 g/mol. The molecule has 0 aromatic heterocycles. The minimum Gasteiger partial charge on any atom is -0.367 e. The van der Waals surface area contributed by atoms with Gasteiger partial charge in [-0.3, -0.25) is 4.90 Å². The van der Waals surface area contributed by atoms with Crippen LogP contribution >= 0.6 is 0 Å². The molecule has 1 N–H and O–H groups in total. The zero-order chi connectivity index (χ0) is 9.10. The lowest BCUT2D eigenvalue weighted by Gasteiger charge is -2.36. The molecule has 13 heavy (non-hydrogen) atoms. The van der Waals surface area contributed by atoms with Crippen molar-refractivity contribution < 1.29 is 0 Å². The first-order valence-electron chi connectivity index (χ1n) is 4.76. The Morgan fingerprint density at radius 3 is 2.54 bits per heavy atom. The number of dihydropyridines is 1. The molecule has 0 aromatic rings. The Hall–Kier alpha value is -0.800. The van der Waals surface area contributed by atoms with Gasteiger partial charge in [-0.1, -0.05) is 6.08 Å². The first-order valence-corrected chi connectivity index (χ1v) is 4.76. The molecule has 2 heterocycles. The van der Waals surface area contributed by atoms with Crippen molar-refractivity contribution in [3.63, 3.8) is 0 Å². The Morgan fingerprint density at radius 2 is 1.92 bits per heavy atom. The van der Waals surface area contributed by atoms with E-state index in [-0.39, 0.29) is 0 Å². The van der Waals surface area contributed by atoms with Crippen molar-refractivity contribution in [1.29, 1.82) is 0 Å². The van der Waals surface area contributed by atoms with Gasteiger partial charge in [0.1, 0.15) is 0 Å². The number of piperazine rings is 1. The summed E-state index contributed by atoms with van der Waals surface area (Å²) in [4.78, 5) is 4.75. The first-order chi connectivity index (χ1) is 6.36. The predicted octanol–water partition coefficient (Wildman–Crippen LogP) is 0.396. The number of likely N-dealkylation sites (N-methyl/N-ethyl adjacent to an activating group) is 1. The molecule has 0 unspecified atom stereocenters. The van der Waals surface area contributed by atoms with Crippen molar-refractivity contribution >= 4 is 0 Å². The number of hydrogen-bond acceptors (Lipinski definition) is 3. The lowest BCUT2D eigenvalue weighted by Crippen LogP contribution is -2.48. The largest absolute Gasteiger partial charge is 0.367 e. The van der Waals surface area contributed by atoms with E-state index in [2.05, 4.69) is 34.3 Å². The van der Waals surface area contributed by atoms with E-state index in [1.165, 1.54) is 6.17 Å². The molecule has 0 saturated carbocycles. The maximum atomic E-state index is 3.26. The first kappa shape index (κ1) is 8.78. The van der Waals surface area contributed by atoms with Crippen molar-refractivity contribution in [1.82, 2.24) is 15.1 Å².